The highest BCUT2D eigenvalue weighted by Gasteiger charge is 2.35. The molecule has 0 atom stereocenters. The zero-order valence-corrected chi connectivity index (χ0v) is 18.0. The summed E-state index contributed by atoms with van der Waals surface area (Å²) < 4.78 is 0. The Morgan fingerprint density at radius 3 is 2.39 bits per heavy atom. The Morgan fingerprint density at radius 1 is 1.00 bits per heavy atom. The van der Waals surface area contributed by atoms with Crippen molar-refractivity contribution in [3.8, 4) is 11.3 Å². The normalized spacial score (nSPS) is 14.9. The van der Waals surface area contributed by atoms with Gasteiger partial charge in [0.05, 0.1) is 5.69 Å². The van der Waals surface area contributed by atoms with E-state index >= 15 is 0 Å². The summed E-state index contributed by atoms with van der Waals surface area (Å²) in [6, 6.07) is 19.3. The number of hydrogen-bond acceptors (Lipinski definition) is 8. The monoisotopic (exact) mass is 444 g/mol. The van der Waals surface area contributed by atoms with Gasteiger partial charge >= 0.3 is 5.91 Å². The molecule has 0 spiro atoms. The predicted octanol–water partition coefficient (Wildman–Crippen LogP) is 4.79. The number of hydrogen-bond donors (Lipinski definition) is 1. The molecule has 0 saturated carbocycles. The summed E-state index contributed by atoms with van der Waals surface area (Å²) >= 11 is 2.83. The molecule has 1 amide bonds. The standard InChI is InChI=1S/C22H16N6OS2/c1-14-12-23-21(31-14)26-25-19-18(16-10-6-3-7-11-16)27-28(20(19)29)22-24-17(13-30-22)15-8-4-2-5-9-15/h2-13H,1H3,(H,23,26)/b25-19+. The van der Waals surface area contributed by atoms with Crippen LogP contribution in [0.15, 0.2) is 82.4 Å². The maximum Gasteiger partial charge on any atom is 0.303 e. The van der Waals surface area contributed by atoms with E-state index in [4.69, 9.17) is 0 Å². The van der Waals surface area contributed by atoms with E-state index < -0.39 is 0 Å². The molecule has 2 aromatic carbocycles. The zero-order chi connectivity index (χ0) is 21.2. The quantitative estimate of drug-likeness (QED) is 0.449. The number of benzene rings is 2. The van der Waals surface area contributed by atoms with Crippen LogP contribution in [0.25, 0.3) is 11.3 Å². The van der Waals surface area contributed by atoms with Gasteiger partial charge in [0.1, 0.15) is 5.71 Å². The number of anilines is 2. The van der Waals surface area contributed by atoms with E-state index in [0.29, 0.717) is 16.0 Å². The van der Waals surface area contributed by atoms with Gasteiger partial charge in [-0.25, -0.2) is 9.97 Å². The topological polar surface area (TPSA) is 82.8 Å². The smallest absolute Gasteiger partial charge is 0.265 e. The minimum atomic E-state index is -0.339. The molecule has 0 unspecified atom stereocenters. The minimum Gasteiger partial charge on any atom is -0.265 e. The van der Waals surface area contributed by atoms with Crippen LogP contribution < -0.4 is 10.4 Å². The molecular formula is C22H16N6OS2. The van der Waals surface area contributed by atoms with Crippen molar-refractivity contribution in [1.29, 1.82) is 0 Å². The fourth-order valence-electron chi connectivity index (χ4n) is 3.03. The van der Waals surface area contributed by atoms with Crippen molar-refractivity contribution in [2.75, 3.05) is 10.4 Å². The van der Waals surface area contributed by atoms with Gasteiger partial charge in [-0.2, -0.15) is 15.2 Å². The molecule has 1 aliphatic heterocycles. The number of carbonyl (C=O) groups excluding carboxylic acids is 1. The van der Waals surface area contributed by atoms with Gasteiger partial charge in [0.25, 0.3) is 0 Å². The second-order valence-electron chi connectivity index (χ2n) is 6.66. The van der Waals surface area contributed by atoms with Crippen LogP contribution in [0.1, 0.15) is 10.4 Å². The molecule has 0 bridgehead atoms. The molecule has 152 valence electrons. The Bertz CT molecular complexity index is 1290. The van der Waals surface area contributed by atoms with Crippen LogP contribution in [-0.4, -0.2) is 27.3 Å². The van der Waals surface area contributed by atoms with E-state index in [2.05, 4.69) is 25.6 Å². The lowest BCUT2D eigenvalue weighted by Crippen LogP contribution is -2.28. The molecule has 31 heavy (non-hydrogen) atoms. The molecule has 5 rings (SSSR count). The van der Waals surface area contributed by atoms with Gasteiger partial charge in [-0.15, -0.1) is 22.7 Å². The molecule has 0 saturated heterocycles. The fourth-order valence-corrected chi connectivity index (χ4v) is 4.42. The number of amides is 1. The summed E-state index contributed by atoms with van der Waals surface area (Å²) in [6.07, 6.45) is 1.75. The first-order chi connectivity index (χ1) is 15.2. The summed E-state index contributed by atoms with van der Waals surface area (Å²) in [7, 11) is 0. The number of aryl methyl sites for hydroxylation is 1. The fraction of sp³-hybridized carbons (Fsp3) is 0.0455. The predicted molar refractivity (Wildman–Crippen MR) is 126 cm³/mol. The molecule has 4 aromatic rings. The molecule has 9 heteroatoms. The first-order valence-corrected chi connectivity index (χ1v) is 11.1. The number of hydrazone groups is 2. The average Bonchev–Trinajstić information content (AvgIpc) is 3.53. The molecule has 0 aliphatic carbocycles. The van der Waals surface area contributed by atoms with Crippen molar-refractivity contribution in [3.05, 3.63) is 82.7 Å². The van der Waals surface area contributed by atoms with E-state index in [1.807, 2.05) is 73.0 Å². The van der Waals surface area contributed by atoms with E-state index in [1.165, 1.54) is 27.7 Å². The molecule has 1 aliphatic rings. The Labute approximate surface area is 186 Å². The lowest BCUT2D eigenvalue weighted by Gasteiger charge is -2.06. The molecule has 0 fully saturated rings. The third-order valence-corrected chi connectivity index (χ3v) is 6.13. The van der Waals surface area contributed by atoms with Crippen molar-refractivity contribution in [2.24, 2.45) is 10.2 Å². The number of aromatic nitrogens is 2. The van der Waals surface area contributed by atoms with Gasteiger partial charge in [0, 0.05) is 27.6 Å². The summed E-state index contributed by atoms with van der Waals surface area (Å²) in [5, 5.41) is 13.3. The Kier molecular flexibility index (Phi) is 5.11. The first-order valence-electron chi connectivity index (χ1n) is 9.45. The molecular weight excluding hydrogens is 428 g/mol. The number of thiazole rings is 2. The van der Waals surface area contributed by atoms with Crippen LogP contribution in [0.2, 0.25) is 0 Å². The van der Waals surface area contributed by atoms with Gasteiger partial charge < -0.3 is 0 Å². The van der Waals surface area contributed by atoms with Gasteiger partial charge in [-0.05, 0) is 6.92 Å². The van der Waals surface area contributed by atoms with Gasteiger partial charge in [0.15, 0.2) is 5.71 Å². The van der Waals surface area contributed by atoms with Crippen LogP contribution in [0.4, 0.5) is 10.3 Å². The number of nitrogens with zero attached hydrogens (tertiary/aromatic N) is 5. The van der Waals surface area contributed by atoms with Crippen molar-refractivity contribution < 1.29 is 4.79 Å². The first kappa shape index (κ1) is 19.3. The second kappa shape index (κ2) is 8.21. The van der Waals surface area contributed by atoms with Crippen molar-refractivity contribution in [2.45, 2.75) is 6.92 Å². The zero-order valence-electron chi connectivity index (χ0n) is 16.4. The van der Waals surface area contributed by atoms with Crippen LogP contribution in [0.5, 0.6) is 0 Å². The Morgan fingerprint density at radius 2 is 1.71 bits per heavy atom. The average molecular weight is 445 g/mol. The highest BCUT2D eigenvalue weighted by molar-refractivity contribution is 7.15. The third kappa shape index (κ3) is 3.88. The maximum absolute atomic E-state index is 13.3. The van der Waals surface area contributed by atoms with E-state index in [9.17, 15) is 4.79 Å². The van der Waals surface area contributed by atoms with Crippen LogP contribution >= 0.6 is 22.7 Å². The van der Waals surface area contributed by atoms with E-state index in [-0.39, 0.29) is 11.6 Å². The van der Waals surface area contributed by atoms with E-state index in [0.717, 1.165) is 21.7 Å². The summed E-state index contributed by atoms with van der Waals surface area (Å²) in [4.78, 5) is 23.2. The molecule has 7 nitrogen and oxygen atoms in total. The van der Waals surface area contributed by atoms with Gasteiger partial charge in [-0.1, -0.05) is 60.7 Å². The lowest BCUT2D eigenvalue weighted by molar-refractivity contribution is -0.112. The highest BCUT2D eigenvalue weighted by Crippen LogP contribution is 2.30. The van der Waals surface area contributed by atoms with Crippen molar-refractivity contribution in [1.82, 2.24) is 9.97 Å². The van der Waals surface area contributed by atoms with Crippen LogP contribution in [0.3, 0.4) is 0 Å². The van der Waals surface area contributed by atoms with Crippen LogP contribution in [0, 0.1) is 6.92 Å². The Balaban J connectivity index is 1.51. The molecule has 1 N–H and O–H groups in total. The third-order valence-electron chi connectivity index (χ3n) is 4.49. The maximum atomic E-state index is 13.3. The SMILES string of the molecule is Cc1cnc(N/N=C2/C(=O)N(c3nc(-c4ccccc4)cs3)N=C2c2ccccc2)s1. The number of carbonyl (C=O) groups is 1. The minimum absolute atomic E-state index is 0.218. The van der Waals surface area contributed by atoms with E-state index in [1.54, 1.807) is 6.20 Å². The number of rotatable bonds is 5. The lowest BCUT2D eigenvalue weighted by atomic mass is 10.1. The summed E-state index contributed by atoms with van der Waals surface area (Å²) in [5.41, 5.74) is 6.18. The van der Waals surface area contributed by atoms with Crippen LogP contribution in [-0.2, 0) is 4.79 Å². The Hall–Kier alpha value is -3.69. The largest absolute Gasteiger partial charge is 0.303 e. The van der Waals surface area contributed by atoms with Crippen molar-refractivity contribution >= 4 is 50.3 Å². The highest BCUT2D eigenvalue weighted by atomic mass is 32.1. The molecule has 0 radical (unpaired) electrons. The summed E-state index contributed by atoms with van der Waals surface area (Å²) in [6.45, 7) is 1.96. The van der Waals surface area contributed by atoms with Crippen molar-refractivity contribution in [3.63, 3.8) is 0 Å². The van der Waals surface area contributed by atoms with Gasteiger partial charge in [0.2, 0.25) is 10.3 Å². The number of nitrogens with one attached hydrogen (secondary N) is 1. The van der Waals surface area contributed by atoms with Gasteiger partial charge in [-0.3, -0.25) is 10.2 Å². The molecule has 3 heterocycles. The molecule has 2 aromatic heterocycles. The summed E-state index contributed by atoms with van der Waals surface area (Å²) in [5.74, 6) is -0.339. The second-order valence-corrected chi connectivity index (χ2v) is 8.73.